The lowest BCUT2D eigenvalue weighted by Crippen LogP contribution is -2.60. The highest BCUT2D eigenvalue weighted by Crippen LogP contribution is 2.26. The van der Waals surface area contributed by atoms with Gasteiger partial charge in [-0.25, -0.2) is 4.79 Å². The quantitative estimate of drug-likeness (QED) is 0.764. The third-order valence-electron chi connectivity index (χ3n) is 4.90. The standard InChI is InChI=1S/C16H29N3O4/c1-4-13-10-23-11(3)8-19(13)16(22)17-12-6-14(7-12)18(5-2)9-15(20)21/h11-14H,4-10H2,1-3H3,(H,17,22)(H,20,21). The van der Waals surface area contributed by atoms with Crippen LogP contribution in [-0.4, -0.2) is 77.4 Å². The summed E-state index contributed by atoms with van der Waals surface area (Å²) in [5.74, 6) is -0.799. The predicted molar refractivity (Wildman–Crippen MR) is 86.4 cm³/mol. The van der Waals surface area contributed by atoms with Gasteiger partial charge in [0, 0.05) is 18.6 Å². The van der Waals surface area contributed by atoms with E-state index in [-0.39, 0.29) is 36.8 Å². The molecule has 0 aromatic carbocycles. The van der Waals surface area contributed by atoms with E-state index in [1.165, 1.54) is 0 Å². The van der Waals surface area contributed by atoms with Crippen molar-refractivity contribution in [3.63, 3.8) is 0 Å². The number of carbonyl (C=O) groups excluding carboxylic acids is 1. The number of ether oxygens (including phenoxy) is 1. The first-order valence-electron chi connectivity index (χ1n) is 8.59. The molecule has 0 spiro atoms. The van der Waals surface area contributed by atoms with Crippen LogP contribution in [0.15, 0.2) is 0 Å². The molecule has 2 rings (SSSR count). The summed E-state index contributed by atoms with van der Waals surface area (Å²) in [6.45, 7) is 8.03. The van der Waals surface area contributed by atoms with Crippen molar-refractivity contribution in [2.45, 2.75) is 64.3 Å². The zero-order valence-electron chi connectivity index (χ0n) is 14.3. The second kappa shape index (κ2) is 7.97. The number of hydrogen-bond donors (Lipinski definition) is 2. The van der Waals surface area contributed by atoms with Gasteiger partial charge in [-0.2, -0.15) is 0 Å². The van der Waals surface area contributed by atoms with E-state index in [2.05, 4.69) is 12.2 Å². The van der Waals surface area contributed by atoms with Crippen molar-refractivity contribution in [2.24, 2.45) is 0 Å². The van der Waals surface area contributed by atoms with Crippen LogP contribution in [0.1, 0.15) is 40.0 Å². The number of hydrogen-bond acceptors (Lipinski definition) is 4. The molecule has 0 bridgehead atoms. The average molecular weight is 327 g/mol. The van der Waals surface area contributed by atoms with Gasteiger partial charge in [0.2, 0.25) is 0 Å². The van der Waals surface area contributed by atoms with E-state index in [9.17, 15) is 9.59 Å². The number of nitrogens with one attached hydrogen (secondary N) is 1. The molecule has 23 heavy (non-hydrogen) atoms. The van der Waals surface area contributed by atoms with Crippen molar-refractivity contribution < 1.29 is 19.4 Å². The molecule has 1 saturated heterocycles. The number of rotatable bonds is 6. The Morgan fingerprint density at radius 1 is 1.35 bits per heavy atom. The van der Waals surface area contributed by atoms with Gasteiger partial charge >= 0.3 is 12.0 Å². The molecule has 2 aliphatic rings. The molecule has 7 heteroatoms. The zero-order chi connectivity index (χ0) is 17.0. The van der Waals surface area contributed by atoms with Gasteiger partial charge in [0.15, 0.2) is 0 Å². The highest BCUT2D eigenvalue weighted by Gasteiger charge is 2.37. The molecule has 0 radical (unpaired) electrons. The smallest absolute Gasteiger partial charge is 0.318 e. The van der Waals surface area contributed by atoms with E-state index in [1.807, 2.05) is 23.6 Å². The summed E-state index contributed by atoms with van der Waals surface area (Å²) in [7, 11) is 0. The SMILES string of the molecule is CCC1COC(C)CN1C(=O)NC1CC(N(CC)CC(=O)O)C1. The first kappa shape index (κ1) is 18.0. The molecule has 2 fully saturated rings. The van der Waals surface area contributed by atoms with Gasteiger partial charge in [-0.05, 0) is 32.7 Å². The number of nitrogens with zero attached hydrogens (tertiary/aromatic N) is 2. The Labute approximate surface area is 138 Å². The molecule has 1 aliphatic heterocycles. The Morgan fingerprint density at radius 3 is 2.61 bits per heavy atom. The van der Waals surface area contributed by atoms with Crippen LogP contribution < -0.4 is 5.32 Å². The van der Waals surface area contributed by atoms with Crippen molar-refractivity contribution in [3.8, 4) is 0 Å². The molecule has 0 aromatic rings. The van der Waals surface area contributed by atoms with Crippen molar-refractivity contribution in [2.75, 3.05) is 26.2 Å². The van der Waals surface area contributed by atoms with Crippen molar-refractivity contribution in [1.29, 1.82) is 0 Å². The first-order valence-corrected chi connectivity index (χ1v) is 8.59. The summed E-state index contributed by atoms with van der Waals surface area (Å²) in [4.78, 5) is 27.2. The van der Waals surface area contributed by atoms with Crippen LogP contribution >= 0.6 is 0 Å². The van der Waals surface area contributed by atoms with E-state index >= 15 is 0 Å². The minimum atomic E-state index is -0.799. The van der Waals surface area contributed by atoms with Crippen LogP contribution in [0.3, 0.4) is 0 Å². The first-order chi connectivity index (χ1) is 10.9. The number of urea groups is 1. The maximum absolute atomic E-state index is 12.5. The summed E-state index contributed by atoms with van der Waals surface area (Å²) in [5.41, 5.74) is 0. The fraction of sp³-hybridized carbons (Fsp3) is 0.875. The summed E-state index contributed by atoms with van der Waals surface area (Å²) >= 11 is 0. The van der Waals surface area contributed by atoms with Crippen LogP contribution in [0.2, 0.25) is 0 Å². The lowest BCUT2D eigenvalue weighted by atomic mass is 9.85. The Bertz CT molecular complexity index is 426. The number of carbonyl (C=O) groups is 2. The van der Waals surface area contributed by atoms with Crippen molar-refractivity contribution in [1.82, 2.24) is 15.1 Å². The third kappa shape index (κ3) is 4.57. The molecule has 2 atom stereocenters. The minimum Gasteiger partial charge on any atom is -0.480 e. The van der Waals surface area contributed by atoms with Crippen LogP contribution in [0, 0.1) is 0 Å². The summed E-state index contributed by atoms with van der Waals surface area (Å²) in [6.07, 6.45) is 2.60. The summed E-state index contributed by atoms with van der Waals surface area (Å²) < 4.78 is 5.62. The number of likely N-dealkylation sites (N-methyl/N-ethyl adjacent to an activating group) is 1. The highest BCUT2D eigenvalue weighted by molar-refractivity contribution is 5.75. The molecule has 2 unspecified atom stereocenters. The fourth-order valence-corrected chi connectivity index (χ4v) is 3.37. The van der Waals surface area contributed by atoms with Crippen molar-refractivity contribution in [3.05, 3.63) is 0 Å². The fourth-order valence-electron chi connectivity index (χ4n) is 3.37. The van der Waals surface area contributed by atoms with Crippen LogP contribution in [0.25, 0.3) is 0 Å². The molecule has 132 valence electrons. The Morgan fingerprint density at radius 2 is 2.04 bits per heavy atom. The van der Waals surface area contributed by atoms with Gasteiger partial charge in [-0.3, -0.25) is 9.69 Å². The minimum absolute atomic E-state index is 0.0169. The van der Waals surface area contributed by atoms with Crippen LogP contribution in [-0.2, 0) is 9.53 Å². The Kier molecular flexibility index (Phi) is 6.24. The molecule has 2 amide bonds. The number of carboxylic acids is 1. The number of aliphatic carboxylic acids is 1. The topological polar surface area (TPSA) is 82.1 Å². The number of morpholine rings is 1. The Hall–Kier alpha value is -1.34. The molecular formula is C16H29N3O4. The maximum atomic E-state index is 12.5. The average Bonchev–Trinajstić information content (AvgIpc) is 2.48. The van der Waals surface area contributed by atoms with Gasteiger partial charge in [-0.1, -0.05) is 13.8 Å². The second-order valence-electron chi connectivity index (χ2n) is 6.59. The van der Waals surface area contributed by atoms with E-state index in [0.717, 1.165) is 25.8 Å². The molecular weight excluding hydrogens is 298 g/mol. The predicted octanol–water partition coefficient (Wildman–Crippen LogP) is 1.13. The van der Waals surface area contributed by atoms with Crippen LogP contribution in [0.5, 0.6) is 0 Å². The largest absolute Gasteiger partial charge is 0.480 e. The summed E-state index contributed by atoms with van der Waals surface area (Å²) in [6, 6.07) is 0.524. The van der Waals surface area contributed by atoms with E-state index < -0.39 is 5.97 Å². The maximum Gasteiger partial charge on any atom is 0.318 e. The monoisotopic (exact) mass is 327 g/mol. The zero-order valence-corrected chi connectivity index (χ0v) is 14.3. The lowest BCUT2D eigenvalue weighted by molar-refractivity contribution is -0.139. The second-order valence-corrected chi connectivity index (χ2v) is 6.59. The molecule has 7 nitrogen and oxygen atoms in total. The molecule has 2 N–H and O–H groups in total. The molecule has 1 heterocycles. The number of amides is 2. The highest BCUT2D eigenvalue weighted by atomic mass is 16.5. The third-order valence-corrected chi connectivity index (χ3v) is 4.90. The van der Waals surface area contributed by atoms with E-state index in [4.69, 9.17) is 9.84 Å². The molecule has 1 saturated carbocycles. The Balaban J connectivity index is 1.80. The van der Waals surface area contributed by atoms with Crippen LogP contribution in [0.4, 0.5) is 4.79 Å². The molecule has 0 aromatic heterocycles. The van der Waals surface area contributed by atoms with Gasteiger partial charge in [0.25, 0.3) is 0 Å². The van der Waals surface area contributed by atoms with Crippen molar-refractivity contribution >= 4 is 12.0 Å². The van der Waals surface area contributed by atoms with Gasteiger partial charge in [-0.15, -0.1) is 0 Å². The van der Waals surface area contributed by atoms with Gasteiger partial charge in [0.05, 0.1) is 25.3 Å². The van der Waals surface area contributed by atoms with E-state index in [1.54, 1.807) is 0 Å². The molecule has 1 aliphatic carbocycles. The summed E-state index contributed by atoms with van der Waals surface area (Å²) in [5, 5.41) is 12.0. The lowest BCUT2D eigenvalue weighted by Gasteiger charge is -2.44. The van der Waals surface area contributed by atoms with Gasteiger partial charge in [0.1, 0.15) is 0 Å². The number of carboxylic acid groups (broad SMARTS) is 1. The van der Waals surface area contributed by atoms with Gasteiger partial charge < -0.3 is 20.1 Å². The van der Waals surface area contributed by atoms with E-state index in [0.29, 0.717) is 13.2 Å². The normalized spacial score (nSPS) is 30.9.